The van der Waals surface area contributed by atoms with Crippen LogP contribution in [0.2, 0.25) is 0 Å². The van der Waals surface area contributed by atoms with E-state index in [1.165, 1.54) is 12.3 Å². The first-order chi connectivity index (χ1) is 7.66. The molecule has 3 N–H and O–H groups in total. The van der Waals surface area contributed by atoms with E-state index >= 15 is 0 Å². The smallest absolute Gasteiger partial charge is 0.229 e. The first kappa shape index (κ1) is 10.4. The van der Waals surface area contributed by atoms with Crippen molar-refractivity contribution in [1.82, 2.24) is 9.97 Å². The maximum atomic E-state index is 13.5. The number of benzene rings is 1. The van der Waals surface area contributed by atoms with Crippen molar-refractivity contribution in [3.8, 4) is 0 Å². The summed E-state index contributed by atoms with van der Waals surface area (Å²) in [5.74, 6) is 0.283. The first-order valence-corrected chi connectivity index (χ1v) is 4.77. The van der Waals surface area contributed by atoms with E-state index < -0.39 is 0 Å². The topological polar surface area (TPSA) is 63.8 Å². The maximum absolute atomic E-state index is 13.5. The third kappa shape index (κ3) is 2.08. The number of nitrogens with zero attached hydrogens (tertiary/aromatic N) is 2. The van der Waals surface area contributed by atoms with Gasteiger partial charge in [-0.15, -0.1) is 0 Å². The largest absolute Gasteiger partial charge is 0.384 e. The number of rotatable bonds is 2. The van der Waals surface area contributed by atoms with E-state index in [1.54, 1.807) is 25.1 Å². The molecule has 0 spiro atoms. The normalized spacial score (nSPS) is 10.1. The van der Waals surface area contributed by atoms with Gasteiger partial charge in [-0.25, -0.2) is 9.37 Å². The second-order valence-corrected chi connectivity index (χ2v) is 3.36. The number of aryl methyl sites for hydroxylation is 1. The molecule has 16 heavy (non-hydrogen) atoms. The molecular weight excluding hydrogens is 207 g/mol. The fourth-order valence-electron chi connectivity index (χ4n) is 1.33. The minimum Gasteiger partial charge on any atom is -0.384 e. The van der Waals surface area contributed by atoms with Gasteiger partial charge in [-0.2, -0.15) is 4.98 Å². The molecule has 0 saturated heterocycles. The second-order valence-electron chi connectivity index (χ2n) is 3.36. The van der Waals surface area contributed by atoms with Crippen LogP contribution in [-0.2, 0) is 0 Å². The minimum absolute atomic E-state index is 0.285. The number of halogens is 1. The fourth-order valence-corrected chi connectivity index (χ4v) is 1.33. The Balaban J connectivity index is 2.34. The van der Waals surface area contributed by atoms with Crippen molar-refractivity contribution in [2.24, 2.45) is 0 Å². The van der Waals surface area contributed by atoms with E-state index in [2.05, 4.69) is 15.3 Å². The average molecular weight is 218 g/mol. The minimum atomic E-state index is -0.342. The highest BCUT2D eigenvalue weighted by molar-refractivity contribution is 5.59. The molecule has 0 aliphatic carbocycles. The lowest BCUT2D eigenvalue weighted by atomic mass is 10.2. The Morgan fingerprint density at radius 3 is 2.81 bits per heavy atom. The van der Waals surface area contributed by atoms with Crippen molar-refractivity contribution in [2.75, 3.05) is 11.1 Å². The number of anilines is 3. The quantitative estimate of drug-likeness (QED) is 0.811. The lowest BCUT2D eigenvalue weighted by molar-refractivity contribution is 0.630. The van der Waals surface area contributed by atoms with E-state index in [0.29, 0.717) is 11.5 Å². The molecule has 5 heteroatoms. The third-order valence-corrected chi connectivity index (χ3v) is 2.14. The molecule has 2 rings (SSSR count). The highest BCUT2D eigenvalue weighted by Gasteiger charge is 2.06. The van der Waals surface area contributed by atoms with E-state index in [9.17, 15) is 4.39 Å². The molecule has 2 aromatic rings. The molecule has 0 aliphatic rings. The van der Waals surface area contributed by atoms with Crippen LogP contribution >= 0.6 is 0 Å². The number of nitrogens with two attached hydrogens (primary N) is 1. The van der Waals surface area contributed by atoms with Crippen LogP contribution in [0.4, 0.5) is 21.8 Å². The van der Waals surface area contributed by atoms with Crippen molar-refractivity contribution in [1.29, 1.82) is 0 Å². The molecule has 1 heterocycles. The van der Waals surface area contributed by atoms with Gasteiger partial charge in [0.2, 0.25) is 5.95 Å². The van der Waals surface area contributed by atoms with Gasteiger partial charge >= 0.3 is 0 Å². The first-order valence-electron chi connectivity index (χ1n) is 4.77. The summed E-state index contributed by atoms with van der Waals surface area (Å²) in [7, 11) is 0. The summed E-state index contributed by atoms with van der Waals surface area (Å²) in [4.78, 5) is 7.89. The molecule has 0 saturated carbocycles. The summed E-state index contributed by atoms with van der Waals surface area (Å²) >= 11 is 0. The molecule has 1 aromatic carbocycles. The van der Waals surface area contributed by atoms with Gasteiger partial charge in [0.1, 0.15) is 11.6 Å². The Labute approximate surface area is 92.3 Å². The van der Waals surface area contributed by atoms with Crippen molar-refractivity contribution >= 4 is 17.5 Å². The zero-order valence-electron chi connectivity index (χ0n) is 8.74. The molecule has 0 fully saturated rings. The lowest BCUT2D eigenvalue weighted by Gasteiger charge is -2.08. The number of nitrogen functional groups attached to an aromatic ring is 1. The van der Waals surface area contributed by atoms with Crippen LogP contribution in [0.3, 0.4) is 0 Å². The number of para-hydroxylation sites is 1. The van der Waals surface area contributed by atoms with Crippen LogP contribution in [0.5, 0.6) is 0 Å². The van der Waals surface area contributed by atoms with Crippen LogP contribution in [0.1, 0.15) is 5.56 Å². The Bertz CT molecular complexity index is 493. The van der Waals surface area contributed by atoms with Gasteiger partial charge in [-0.1, -0.05) is 12.1 Å². The van der Waals surface area contributed by atoms with Crippen molar-refractivity contribution in [3.63, 3.8) is 0 Å². The third-order valence-electron chi connectivity index (χ3n) is 2.14. The standard InChI is InChI=1S/C11H11FN4/c1-7-3-2-4-8(12)10(7)16-11-14-6-5-9(13)15-11/h2-6H,1H3,(H3,13,14,15,16). The van der Waals surface area contributed by atoms with E-state index in [-0.39, 0.29) is 11.8 Å². The maximum Gasteiger partial charge on any atom is 0.229 e. The van der Waals surface area contributed by atoms with Crippen LogP contribution in [0.25, 0.3) is 0 Å². The molecule has 82 valence electrons. The van der Waals surface area contributed by atoms with E-state index in [4.69, 9.17) is 5.73 Å². The van der Waals surface area contributed by atoms with E-state index in [0.717, 1.165) is 5.56 Å². The Kier molecular flexibility index (Phi) is 2.68. The zero-order valence-corrected chi connectivity index (χ0v) is 8.74. The lowest BCUT2D eigenvalue weighted by Crippen LogP contribution is -2.02. The van der Waals surface area contributed by atoms with Gasteiger partial charge < -0.3 is 11.1 Å². The number of hydrogen-bond donors (Lipinski definition) is 2. The summed E-state index contributed by atoms with van der Waals surface area (Å²) in [5.41, 5.74) is 6.66. The van der Waals surface area contributed by atoms with Crippen LogP contribution in [-0.4, -0.2) is 9.97 Å². The fraction of sp³-hybridized carbons (Fsp3) is 0.0909. The van der Waals surface area contributed by atoms with Gasteiger partial charge in [0, 0.05) is 6.20 Å². The highest BCUT2D eigenvalue weighted by atomic mass is 19.1. The predicted molar refractivity (Wildman–Crippen MR) is 60.9 cm³/mol. The van der Waals surface area contributed by atoms with Crippen LogP contribution < -0.4 is 11.1 Å². The van der Waals surface area contributed by atoms with Crippen molar-refractivity contribution < 1.29 is 4.39 Å². The highest BCUT2D eigenvalue weighted by Crippen LogP contribution is 2.21. The molecule has 4 nitrogen and oxygen atoms in total. The molecule has 0 bridgehead atoms. The molecule has 0 amide bonds. The molecule has 0 radical (unpaired) electrons. The predicted octanol–water partition coefficient (Wildman–Crippen LogP) is 2.25. The number of aromatic nitrogens is 2. The van der Waals surface area contributed by atoms with Gasteiger partial charge in [0.15, 0.2) is 0 Å². The molecular formula is C11H11FN4. The SMILES string of the molecule is Cc1cccc(F)c1Nc1nccc(N)n1. The molecule has 0 aliphatic heterocycles. The summed E-state index contributed by atoms with van der Waals surface area (Å²) in [6.45, 7) is 1.80. The Hall–Kier alpha value is -2.17. The number of hydrogen-bond acceptors (Lipinski definition) is 4. The van der Waals surface area contributed by atoms with Crippen LogP contribution in [0.15, 0.2) is 30.5 Å². The van der Waals surface area contributed by atoms with E-state index in [1.807, 2.05) is 0 Å². The summed E-state index contributed by atoms with van der Waals surface area (Å²) < 4.78 is 13.5. The van der Waals surface area contributed by atoms with Crippen molar-refractivity contribution in [3.05, 3.63) is 41.8 Å². The monoisotopic (exact) mass is 218 g/mol. The molecule has 1 aromatic heterocycles. The second kappa shape index (κ2) is 4.14. The summed E-state index contributed by atoms with van der Waals surface area (Å²) in [6.07, 6.45) is 1.51. The summed E-state index contributed by atoms with van der Waals surface area (Å²) in [6, 6.07) is 6.40. The van der Waals surface area contributed by atoms with Gasteiger partial charge in [-0.3, -0.25) is 0 Å². The Morgan fingerprint density at radius 1 is 1.31 bits per heavy atom. The van der Waals surface area contributed by atoms with Gasteiger partial charge in [-0.05, 0) is 24.6 Å². The van der Waals surface area contributed by atoms with Gasteiger partial charge in [0.05, 0.1) is 5.69 Å². The van der Waals surface area contributed by atoms with Crippen LogP contribution in [0, 0.1) is 12.7 Å². The zero-order chi connectivity index (χ0) is 11.5. The van der Waals surface area contributed by atoms with Crippen molar-refractivity contribution in [2.45, 2.75) is 6.92 Å². The average Bonchev–Trinajstić information content (AvgIpc) is 2.24. The van der Waals surface area contributed by atoms with Gasteiger partial charge in [0.25, 0.3) is 0 Å². The number of nitrogens with one attached hydrogen (secondary N) is 1. The molecule has 0 unspecified atom stereocenters. The Morgan fingerprint density at radius 2 is 2.12 bits per heavy atom. The summed E-state index contributed by atoms with van der Waals surface area (Å²) in [5, 5.41) is 2.80. The molecule has 0 atom stereocenters.